The Balaban J connectivity index is 3.17. The van der Waals surface area contributed by atoms with Crippen LogP contribution in [-0.2, 0) is 0 Å². The second-order valence-electron chi connectivity index (χ2n) is 4.24. The molecule has 0 radical (unpaired) electrons. The largest absolute Gasteiger partial charge is 0.327 e. The van der Waals surface area contributed by atoms with Gasteiger partial charge in [-0.3, -0.25) is 0 Å². The molecule has 0 aromatic carbocycles. The Hall–Kier alpha value is -0.270. The van der Waals surface area contributed by atoms with Crippen molar-refractivity contribution in [1.29, 1.82) is 0 Å². The molecule has 0 spiro atoms. The molecule has 0 bridgehead atoms. The molecule has 74 valence electrons. The molecule has 0 amide bonds. The molecule has 1 aliphatic carbocycles. The summed E-state index contributed by atoms with van der Waals surface area (Å²) in [6.07, 6.45) is 2.83. The fourth-order valence-electron chi connectivity index (χ4n) is 2.00. The number of allylic oxidation sites excluding steroid dienone is 2. The second-order valence-corrected chi connectivity index (χ2v) is 4.62. The Morgan fingerprint density at radius 2 is 2.23 bits per heavy atom. The predicted octanol–water partition coefficient (Wildman–Crippen LogP) is 3.06. The van der Waals surface area contributed by atoms with Crippen LogP contribution in [0.25, 0.3) is 0 Å². The zero-order chi connectivity index (χ0) is 10.2. The summed E-state index contributed by atoms with van der Waals surface area (Å²) in [6.45, 7) is 10.1. The van der Waals surface area contributed by atoms with Gasteiger partial charge in [0.1, 0.15) is 0 Å². The van der Waals surface area contributed by atoms with Crippen LogP contribution in [0.1, 0.15) is 27.2 Å². The highest BCUT2D eigenvalue weighted by atomic mass is 35.5. The lowest BCUT2D eigenvalue weighted by atomic mass is 9.68. The van der Waals surface area contributed by atoms with E-state index in [9.17, 15) is 0 Å². The molecule has 3 atom stereocenters. The van der Waals surface area contributed by atoms with Crippen molar-refractivity contribution in [3.05, 3.63) is 23.3 Å². The molecular weight excluding hydrogens is 182 g/mol. The van der Waals surface area contributed by atoms with Gasteiger partial charge in [-0.25, -0.2) is 0 Å². The molecule has 0 saturated carbocycles. The Morgan fingerprint density at radius 1 is 1.69 bits per heavy atom. The van der Waals surface area contributed by atoms with Gasteiger partial charge in [-0.2, -0.15) is 0 Å². The quantitative estimate of drug-likeness (QED) is 0.646. The van der Waals surface area contributed by atoms with Crippen LogP contribution in [0.5, 0.6) is 0 Å². The van der Waals surface area contributed by atoms with Gasteiger partial charge in [0, 0.05) is 16.5 Å². The van der Waals surface area contributed by atoms with Gasteiger partial charge >= 0.3 is 0 Å². The fraction of sp³-hybridized carbons (Fsp3) is 0.636. The molecule has 0 aromatic rings. The lowest BCUT2D eigenvalue weighted by molar-refractivity contribution is 0.267. The maximum atomic E-state index is 6.29. The second kappa shape index (κ2) is 3.47. The van der Waals surface area contributed by atoms with Gasteiger partial charge in [0.2, 0.25) is 0 Å². The highest BCUT2D eigenvalue weighted by Crippen LogP contribution is 2.46. The lowest BCUT2D eigenvalue weighted by Crippen LogP contribution is -2.42. The topological polar surface area (TPSA) is 26.0 Å². The standard InChI is InChI=1S/C11H18ClN/c1-5-11(4)8(3)9(13)6-7(2)10(11)12/h5,8-9H,1,6,13H2,2-4H3/t8?,9-,11-/m1/s1. The Kier molecular flexibility index (Phi) is 2.88. The predicted molar refractivity (Wildman–Crippen MR) is 58.6 cm³/mol. The van der Waals surface area contributed by atoms with Crippen molar-refractivity contribution in [1.82, 2.24) is 0 Å². The van der Waals surface area contributed by atoms with Crippen molar-refractivity contribution in [2.24, 2.45) is 17.1 Å². The van der Waals surface area contributed by atoms with Gasteiger partial charge in [0.15, 0.2) is 0 Å². The first-order chi connectivity index (χ1) is 5.93. The first kappa shape index (κ1) is 10.8. The number of rotatable bonds is 1. The van der Waals surface area contributed by atoms with E-state index in [0.29, 0.717) is 5.92 Å². The minimum Gasteiger partial charge on any atom is -0.327 e. The summed E-state index contributed by atoms with van der Waals surface area (Å²) < 4.78 is 0. The monoisotopic (exact) mass is 199 g/mol. The Bertz CT molecular complexity index is 257. The third kappa shape index (κ3) is 1.55. The van der Waals surface area contributed by atoms with E-state index in [1.54, 1.807) is 0 Å². The van der Waals surface area contributed by atoms with E-state index in [4.69, 9.17) is 17.3 Å². The first-order valence-electron chi connectivity index (χ1n) is 4.68. The lowest BCUT2D eigenvalue weighted by Gasteiger charge is -2.41. The average Bonchev–Trinajstić information content (AvgIpc) is 2.12. The van der Waals surface area contributed by atoms with Crippen LogP contribution in [0.2, 0.25) is 0 Å². The minimum atomic E-state index is -0.136. The van der Waals surface area contributed by atoms with Gasteiger partial charge in [0.05, 0.1) is 0 Å². The number of hydrogen-bond acceptors (Lipinski definition) is 1. The van der Waals surface area contributed by atoms with Gasteiger partial charge in [0.25, 0.3) is 0 Å². The van der Waals surface area contributed by atoms with Crippen molar-refractivity contribution >= 4 is 11.6 Å². The third-order valence-corrected chi connectivity index (χ3v) is 4.13. The molecular formula is C11H18ClN. The van der Waals surface area contributed by atoms with Crippen LogP contribution in [0.3, 0.4) is 0 Å². The summed E-state index contributed by atoms with van der Waals surface area (Å²) in [7, 11) is 0. The van der Waals surface area contributed by atoms with E-state index in [2.05, 4.69) is 27.4 Å². The highest BCUT2D eigenvalue weighted by Gasteiger charge is 2.39. The Labute approximate surface area is 85.6 Å². The molecule has 13 heavy (non-hydrogen) atoms. The molecule has 0 heterocycles. The highest BCUT2D eigenvalue weighted by molar-refractivity contribution is 6.30. The molecule has 1 nitrogen and oxygen atoms in total. The maximum absolute atomic E-state index is 6.29. The van der Waals surface area contributed by atoms with Crippen molar-refractivity contribution in [2.75, 3.05) is 0 Å². The summed E-state index contributed by atoms with van der Waals surface area (Å²) in [5.74, 6) is 0.362. The van der Waals surface area contributed by atoms with E-state index in [0.717, 1.165) is 11.5 Å². The fourth-order valence-corrected chi connectivity index (χ4v) is 2.33. The smallest absolute Gasteiger partial charge is 0.0270 e. The first-order valence-corrected chi connectivity index (χ1v) is 5.06. The molecule has 2 heteroatoms. The van der Waals surface area contributed by atoms with Gasteiger partial charge in [-0.15, -0.1) is 6.58 Å². The molecule has 0 saturated heterocycles. The van der Waals surface area contributed by atoms with E-state index in [1.165, 1.54) is 5.57 Å². The summed E-state index contributed by atoms with van der Waals surface area (Å²) in [4.78, 5) is 0. The van der Waals surface area contributed by atoms with Crippen LogP contribution in [0.15, 0.2) is 23.3 Å². The average molecular weight is 200 g/mol. The van der Waals surface area contributed by atoms with E-state index in [1.807, 2.05) is 6.08 Å². The zero-order valence-corrected chi connectivity index (χ0v) is 9.36. The maximum Gasteiger partial charge on any atom is 0.0270 e. The van der Waals surface area contributed by atoms with Crippen molar-refractivity contribution in [2.45, 2.75) is 33.2 Å². The normalized spacial score (nSPS) is 40.7. The number of nitrogens with two attached hydrogens (primary N) is 1. The number of hydrogen-bond donors (Lipinski definition) is 1. The molecule has 0 fully saturated rings. The van der Waals surface area contributed by atoms with Crippen LogP contribution in [0.4, 0.5) is 0 Å². The van der Waals surface area contributed by atoms with Crippen LogP contribution < -0.4 is 5.73 Å². The molecule has 2 N–H and O–H groups in total. The van der Waals surface area contributed by atoms with Gasteiger partial charge in [-0.05, 0) is 19.3 Å². The van der Waals surface area contributed by atoms with Crippen LogP contribution >= 0.6 is 11.6 Å². The summed E-state index contributed by atoms with van der Waals surface area (Å²) in [6, 6.07) is 0.200. The van der Waals surface area contributed by atoms with Crippen LogP contribution in [-0.4, -0.2) is 6.04 Å². The van der Waals surface area contributed by atoms with Gasteiger partial charge < -0.3 is 5.73 Å². The molecule has 1 rings (SSSR count). The summed E-state index contributed by atoms with van der Waals surface area (Å²) >= 11 is 6.29. The zero-order valence-electron chi connectivity index (χ0n) is 8.60. The molecule has 0 aromatic heterocycles. The van der Waals surface area contributed by atoms with Crippen LogP contribution in [0, 0.1) is 11.3 Å². The van der Waals surface area contributed by atoms with Crippen molar-refractivity contribution in [3.8, 4) is 0 Å². The number of halogens is 1. The van der Waals surface area contributed by atoms with E-state index < -0.39 is 0 Å². The SMILES string of the molecule is C=C[C@@]1(C)C(Cl)=C(C)C[C@@H](N)C1C. The summed E-state index contributed by atoms with van der Waals surface area (Å²) in [5, 5.41) is 0.928. The molecule has 1 aliphatic rings. The van der Waals surface area contributed by atoms with Crippen molar-refractivity contribution in [3.63, 3.8) is 0 Å². The Morgan fingerprint density at radius 3 is 2.69 bits per heavy atom. The third-order valence-electron chi connectivity index (χ3n) is 3.40. The van der Waals surface area contributed by atoms with E-state index in [-0.39, 0.29) is 11.5 Å². The molecule has 0 aliphatic heterocycles. The van der Waals surface area contributed by atoms with Gasteiger partial charge in [-0.1, -0.05) is 37.1 Å². The summed E-state index contributed by atoms with van der Waals surface area (Å²) in [5.41, 5.74) is 7.11. The minimum absolute atomic E-state index is 0.136. The molecule has 1 unspecified atom stereocenters. The van der Waals surface area contributed by atoms with Crippen molar-refractivity contribution < 1.29 is 0 Å². The van der Waals surface area contributed by atoms with E-state index >= 15 is 0 Å².